The number of hydrogen-bond acceptors (Lipinski definition) is 2. The Morgan fingerprint density at radius 3 is 2.44 bits per heavy atom. The average Bonchev–Trinajstić information content (AvgIpc) is 2.38. The Hall–Kier alpha value is -1.48. The van der Waals surface area contributed by atoms with Crippen LogP contribution in [0.15, 0.2) is 46.9 Å². The van der Waals surface area contributed by atoms with E-state index in [1.165, 1.54) is 5.56 Å². The van der Waals surface area contributed by atoms with Crippen molar-refractivity contribution in [3.63, 3.8) is 0 Å². The van der Waals surface area contributed by atoms with Crippen molar-refractivity contribution in [3.05, 3.63) is 58.1 Å². The van der Waals surface area contributed by atoms with Gasteiger partial charge in [0, 0.05) is 10.0 Å². The molecule has 2 aromatic rings. The summed E-state index contributed by atoms with van der Waals surface area (Å²) in [6.07, 6.45) is 0. The van der Waals surface area contributed by atoms with Crippen LogP contribution in [0.2, 0.25) is 0 Å². The van der Waals surface area contributed by atoms with Crippen LogP contribution in [0.4, 0.5) is 0 Å². The molecule has 0 heterocycles. The minimum Gasteiger partial charge on any atom is -0.496 e. The molecule has 2 nitrogen and oxygen atoms in total. The van der Waals surface area contributed by atoms with Crippen LogP contribution in [0, 0.1) is 6.92 Å². The minimum atomic E-state index is 0.506. The summed E-state index contributed by atoms with van der Waals surface area (Å²) in [5, 5.41) is 0. The predicted octanol–water partition coefficient (Wildman–Crippen LogP) is 4.35. The zero-order valence-electron chi connectivity index (χ0n) is 10.4. The van der Waals surface area contributed by atoms with Crippen molar-refractivity contribution < 1.29 is 9.47 Å². The fourth-order valence-electron chi connectivity index (χ4n) is 1.71. The largest absolute Gasteiger partial charge is 0.496 e. The van der Waals surface area contributed by atoms with Gasteiger partial charge in [-0.25, -0.2) is 0 Å². The second-order valence-corrected chi connectivity index (χ2v) is 4.97. The molecule has 0 spiro atoms. The van der Waals surface area contributed by atoms with Gasteiger partial charge in [0.1, 0.15) is 18.1 Å². The highest BCUT2D eigenvalue weighted by atomic mass is 79.9. The number of aryl methyl sites for hydroxylation is 1. The molecule has 2 rings (SSSR count). The smallest absolute Gasteiger partial charge is 0.125 e. The van der Waals surface area contributed by atoms with E-state index < -0.39 is 0 Å². The van der Waals surface area contributed by atoms with Gasteiger partial charge in [-0.2, -0.15) is 0 Å². The van der Waals surface area contributed by atoms with Gasteiger partial charge in [0.2, 0.25) is 0 Å². The molecule has 2 aromatic carbocycles. The Morgan fingerprint density at radius 1 is 1.06 bits per heavy atom. The van der Waals surface area contributed by atoms with Crippen molar-refractivity contribution in [2.75, 3.05) is 7.11 Å². The standard InChI is InChI=1S/C15H15BrO2/c1-11-3-8-15(17-2)12(9-11)10-18-14-6-4-13(16)5-7-14/h3-9H,10H2,1-2H3. The van der Waals surface area contributed by atoms with Gasteiger partial charge in [-0.1, -0.05) is 27.6 Å². The molecular formula is C15H15BrO2. The van der Waals surface area contributed by atoms with E-state index in [2.05, 4.69) is 28.9 Å². The summed E-state index contributed by atoms with van der Waals surface area (Å²) in [6, 6.07) is 13.9. The molecule has 94 valence electrons. The second kappa shape index (κ2) is 5.91. The van der Waals surface area contributed by atoms with Gasteiger partial charge >= 0.3 is 0 Å². The molecule has 0 radical (unpaired) electrons. The highest BCUT2D eigenvalue weighted by molar-refractivity contribution is 9.10. The summed E-state index contributed by atoms with van der Waals surface area (Å²) in [7, 11) is 1.67. The molecule has 0 aliphatic carbocycles. The third kappa shape index (κ3) is 3.26. The van der Waals surface area contributed by atoms with Crippen molar-refractivity contribution in [2.24, 2.45) is 0 Å². The lowest BCUT2D eigenvalue weighted by Crippen LogP contribution is -1.99. The molecule has 0 amide bonds. The first-order chi connectivity index (χ1) is 8.69. The molecule has 0 aliphatic rings. The molecule has 0 bridgehead atoms. The van der Waals surface area contributed by atoms with E-state index in [1.54, 1.807) is 7.11 Å². The number of methoxy groups -OCH3 is 1. The molecule has 0 N–H and O–H groups in total. The monoisotopic (exact) mass is 306 g/mol. The van der Waals surface area contributed by atoms with Gasteiger partial charge in [-0.3, -0.25) is 0 Å². The SMILES string of the molecule is COc1ccc(C)cc1COc1ccc(Br)cc1. The molecule has 0 saturated carbocycles. The van der Waals surface area contributed by atoms with Gasteiger partial charge in [0.05, 0.1) is 7.11 Å². The minimum absolute atomic E-state index is 0.506. The van der Waals surface area contributed by atoms with Gasteiger partial charge in [-0.15, -0.1) is 0 Å². The summed E-state index contributed by atoms with van der Waals surface area (Å²) in [5.74, 6) is 1.71. The first kappa shape index (κ1) is 13.0. The molecule has 0 saturated heterocycles. The highest BCUT2D eigenvalue weighted by Gasteiger charge is 2.04. The van der Waals surface area contributed by atoms with Gasteiger partial charge in [0.15, 0.2) is 0 Å². The third-order valence-corrected chi connectivity index (χ3v) is 3.17. The van der Waals surface area contributed by atoms with E-state index in [0.717, 1.165) is 21.5 Å². The quantitative estimate of drug-likeness (QED) is 0.836. The summed E-state index contributed by atoms with van der Waals surface area (Å²) >= 11 is 3.40. The molecular weight excluding hydrogens is 292 g/mol. The molecule has 0 aliphatic heterocycles. The number of rotatable bonds is 4. The fourth-order valence-corrected chi connectivity index (χ4v) is 1.98. The Labute approximate surface area is 116 Å². The Balaban J connectivity index is 2.09. The van der Waals surface area contributed by atoms with Crippen LogP contribution in [0.25, 0.3) is 0 Å². The van der Waals surface area contributed by atoms with Crippen LogP contribution in [0.1, 0.15) is 11.1 Å². The Morgan fingerprint density at radius 2 is 1.78 bits per heavy atom. The van der Waals surface area contributed by atoms with Crippen molar-refractivity contribution >= 4 is 15.9 Å². The van der Waals surface area contributed by atoms with E-state index in [0.29, 0.717) is 6.61 Å². The van der Waals surface area contributed by atoms with E-state index in [-0.39, 0.29) is 0 Å². The molecule has 18 heavy (non-hydrogen) atoms. The fraction of sp³-hybridized carbons (Fsp3) is 0.200. The molecule has 0 aromatic heterocycles. The third-order valence-electron chi connectivity index (χ3n) is 2.64. The lowest BCUT2D eigenvalue weighted by molar-refractivity contribution is 0.296. The van der Waals surface area contributed by atoms with E-state index in [9.17, 15) is 0 Å². The number of ether oxygens (including phenoxy) is 2. The average molecular weight is 307 g/mol. The second-order valence-electron chi connectivity index (χ2n) is 4.06. The highest BCUT2D eigenvalue weighted by Crippen LogP contribution is 2.22. The van der Waals surface area contributed by atoms with Crippen LogP contribution in [-0.2, 0) is 6.61 Å². The van der Waals surface area contributed by atoms with E-state index >= 15 is 0 Å². The Kier molecular flexibility index (Phi) is 4.26. The molecule has 3 heteroatoms. The number of hydrogen-bond donors (Lipinski definition) is 0. The maximum atomic E-state index is 5.74. The van der Waals surface area contributed by atoms with Gasteiger partial charge in [0.25, 0.3) is 0 Å². The van der Waals surface area contributed by atoms with Crippen molar-refractivity contribution in [3.8, 4) is 11.5 Å². The van der Waals surface area contributed by atoms with Crippen LogP contribution in [0.3, 0.4) is 0 Å². The summed E-state index contributed by atoms with van der Waals surface area (Å²) < 4.78 is 12.1. The molecule has 0 unspecified atom stereocenters. The number of halogens is 1. The van der Waals surface area contributed by atoms with Crippen LogP contribution in [0.5, 0.6) is 11.5 Å². The molecule has 0 fully saturated rings. The predicted molar refractivity (Wildman–Crippen MR) is 76.2 cm³/mol. The lowest BCUT2D eigenvalue weighted by atomic mass is 10.1. The van der Waals surface area contributed by atoms with Crippen molar-refractivity contribution in [1.29, 1.82) is 0 Å². The first-order valence-corrected chi connectivity index (χ1v) is 6.50. The van der Waals surface area contributed by atoms with Crippen molar-refractivity contribution in [2.45, 2.75) is 13.5 Å². The van der Waals surface area contributed by atoms with Crippen molar-refractivity contribution in [1.82, 2.24) is 0 Å². The van der Waals surface area contributed by atoms with Crippen LogP contribution >= 0.6 is 15.9 Å². The maximum absolute atomic E-state index is 5.74. The van der Waals surface area contributed by atoms with E-state index in [1.807, 2.05) is 36.4 Å². The zero-order valence-corrected chi connectivity index (χ0v) is 12.0. The number of benzene rings is 2. The van der Waals surface area contributed by atoms with Crippen LogP contribution < -0.4 is 9.47 Å². The topological polar surface area (TPSA) is 18.5 Å². The summed E-state index contributed by atoms with van der Waals surface area (Å²) in [5.41, 5.74) is 2.26. The summed E-state index contributed by atoms with van der Waals surface area (Å²) in [4.78, 5) is 0. The van der Waals surface area contributed by atoms with E-state index in [4.69, 9.17) is 9.47 Å². The normalized spacial score (nSPS) is 10.2. The van der Waals surface area contributed by atoms with Crippen LogP contribution in [-0.4, -0.2) is 7.11 Å². The maximum Gasteiger partial charge on any atom is 0.125 e. The first-order valence-electron chi connectivity index (χ1n) is 5.71. The summed E-state index contributed by atoms with van der Waals surface area (Å²) in [6.45, 7) is 2.56. The Bertz CT molecular complexity index is 521. The van der Waals surface area contributed by atoms with Gasteiger partial charge in [-0.05, 0) is 43.3 Å². The lowest BCUT2D eigenvalue weighted by Gasteiger charge is -2.11. The zero-order chi connectivity index (χ0) is 13.0. The molecule has 0 atom stereocenters. The van der Waals surface area contributed by atoms with Gasteiger partial charge < -0.3 is 9.47 Å².